The Hall–Kier alpha value is -4.66. The molecule has 1 aliphatic rings. The maximum atomic E-state index is 14.1. The van der Waals surface area contributed by atoms with E-state index in [4.69, 9.17) is 9.47 Å². The number of aromatic nitrogens is 3. The Labute approximate surface area is 204 Å². The molecule has 36 heavy (non-hydrogen) atoms. The summed E-state index contributed by atoms with van der Waals surface area (Å²) < 4.78 is 28.3. The molecule has 0 saturated heterocycles. The number of fused-ring (bicyclic) bond motifs is 4. The number of nitrogens with zero attached hydrogens (tertiary/aromatic N) is 3. The average Bonchev–Trinajstić information content (AvgIpc) is 3.19. The highest BCUT2D eigenvalue weighted by molar-refractivity contribution is 6.06. The van der Waals surface area contributed by atoms with Crippen LogP contribution in [0.1, 0.15) is 5.56 Å². The molecule has 0 unspecified atom stereocenters. The minimum absolute atomic E-state index is 0.160. The lowest BCUT2D eigenvalue weighted by atomic mass is 10.2. The van der Waals surface area contributed by atoms with Crippen LogP contribution < -0.4 is 20.3 Å². The molecule has 1 aliphatic heterocycles. The third-order valence-electron chi connectivity index (χ3n) is 6.11. The Morgan fingerprint density at radius 3 is 2.64 bits per heavy atom. The molecule has 0 fully saturated rings. The second-order valence-corrected chi connectivity index (χ2v) is 8.51. The second kappa shape index (κ2) is 8.84. The zero-order valence-electron chi connectivity index (χ0n) is 19.1. The third kappa shape index (κ3) is 3.94. The zero-order valence-corrected chi connectivity index (χ0v) is 19.1. The van der Waals surface area contributed by atoms with Crippen molar-refractivity contribution in [1.29, 1.82) is 0 Å². The van der Waals surface area contributed by atoms with Crippen molar-refractivity contribution in [3.8, 4) is 11.5 Å². The average molecular weight is 484 g/mol. The number of nitrogens with one attached hydrogen (secondary N) is 1. The number of ether oxygens (including phenoxy) is 2. The minimum Gasteiger partial charge on any atom is -0.486 e. The van der Waals surface area contributed by atoms with E-state index in [0.29, 0.717) is 53.4 Å². The van der Waals surface area contributed by atoms with Crippen LogP contribution in [0, 0.1) is 5.82 Å². The summed E-state index contributed by atoms with van der Waals surface area (Å²) in [5, 5.41) is 3.32. The molecule has 180 valence electrons. The van der Waals surface area contributed by atoms with E-state index in [9.17, 15) is 14.0 Å². The van der Waals surface area contributed by atoms with Gasteiger partial charge in [-0.3, -0.25) is 14.2 Å². The molecule has 1 N–H and O–H groups in total. The summed E-state index contributed by atoms with van der Waals surface area (Å²) in [6.45, 7) is 1.07. The van der Waals surface area contributed by atoms with Crippen LogP contribution in [0.4, 0.5) is 10.1 Å². The molecule has 0 saturated carbocycles. The van der Waals surface area contributed by atoms with Crippen LogP contribution in [-0.2, 0) is 17.9 Å². The Morgan fingerprint density at radius 2 is 1.81 bits per heavy atom. The van der Waals surface area contributed by atoms with Gasteiger partial charge in [-0.15, -0.1) is 0 Å². The van der Waals surface area contributed by atoms with E-state index in [-0.39, 0.29) is 23.5 Å². The van der Waals surface area contributed by atoms with Gasteiger partial charge in [0.25, 0.3) is 5.56 Å². The summed E-state index contributed by atoms with van der Waals surface area (Å²) in [5.41, 5.74) is 2.30. The summed E-state index contributed by atoms with van der Waals surface area (Å²) in [7, 11) is 0. The first-order valence-electron chi connectivity index (χ1n) is 11.5. The maximum absolute atomic E-state index is 14.1. The van der Waals surface area contributed by atoms with Gasteiger partial charge >= 0.3 is 0 Å². The number of hydrogen-bond donors (Lipinski definition) is 1. The molecule has 5 aromatic rings. The Kier molecular flexibility index (Phi) is 5.37. The summed E-state index contributed by atoms with van der Waals surface area (Å²) in [6, 6.07) is 18.9. The van der Waals surface area contributed by atoms with Gasteiger partial charge in [0, 0.05) is 17.1 Å². The standard InChI is InChI=1S/C27H21FN4O4/c28-18-6-8-21-20(12-18)25-26(27(34)31(16-29-25)14-17-4-2-1-3-5-17)32(21)15-24(33)30-19-7-9-22-23(13-19)36-11-10-35-22/h1-9,12-13,16H,10-11,14-15H2,(H,30,33). The molecule has 0 aliphatic carbocycles. The van der Waals surface area contributed by atoms with Crippen LogP contribution in [0.15, 0.2) is 77.9 Å². The quantitative estimate of drug-likeness (QED) is 0.408. The van der Waals surface area contributed by atoms with Crippen molar-refractivity contribution in [3.63, 3.8) is 0 Å². The van der Waals surface area contributed by atoms with Crippen molar-refractivity contribution in [3.05, 3.63) is 94.8 Å². The van der Waals surface area contributed by atoms with Crippen LogP contribution in [-0.4, -0.2) is 33.2 Å². The molecule has 0 bridgehead atoms. The smallest absolute Gasteiger partial charge is 0.278 e. The molecule has 0 spiro atoms. The minimum atomic E-state index is -0.447. The van der Waals surface area contributed by atoms with Crippen molar-refractivity contribution in [2.75, 3.05) is 18.5 Å². The van der Waals surface area contributed by atoms with Crippen molar-refractivity contribution < 1.29 is 18.7 Å². The van der Waals surface area contributed by atoms with E-state index < -0.39 is 5.82 Å². The predicted octanol–water partition coefficient (Wildman–Crippen LogP) is 3.95. The fraction of sp³-hybridized carbons (Fsp3) is 0.148. The molecule has 0 atom stereocenters. The molecule has 6 rings (SSSR count). The van der Waals surface area contributed by atoms with Crippen molar-refractivity contribution in [2.24, 2.45) is 0 Å². The van der Waals surface area contributed by atoms with Gasteiger partial charge in [-0.25, -0.2) is 9.37 Å². The molecule has 1 amide bonds. The van der Waals surface area contributed by atoms with E-state index in [0.717, 1.165) is 5.56 Å². The van der Waals surface area contributed by atoms with Gasteiger partial charge in [0.2, 0.25) is 5.91 Å². The molecular formula is C27H21FN4O4. The number of amides is 1. The molecule has 3 aromatic carbocycles. The van der Waals surface area contributed by atoms with Gasteiger partial charge in [0.15, 0.2) is 11.5 Å². The molecule has 3 heterocycles. The first-order chi connectivity index (χ1) is 17.6. The van der Waals surface area contributed by atoms with E-state index in [1.807, 2.05) is 30.3 Å². The maximum Gasteiger partial charge on any atom is 0.278 e. The number of halogens is 1. The highest BCUT2D eigenvalue weighted by Gasteiger charge is 2.20. The van der Waals surface area contributed by atoms with Gasteiger partial charge in [0.05, 0.1) is 18.4 Å². The van der Waals surface area contributed by atoms with E-state index >= 15 is 0 Å². The fourth-order valence-corrected chi connectivity index (χ4v) is 4.49. The summed E-state index contributed by atoms with van der Waals surface area (Å²) >= 11 is 0. The Morgan fingerprint density at radius 1 is 1.00 bits per heavy atom. The van der Waals surface area contributed by atoms with Gasteiger partial charge < -0.3 is 19.4 Å². The highest BCUT2D eigenvalue weighted by atomic mass is 19.1. The number of benzene rings is 3. The second-order valence-electron chi connectivity index (χ2n) is 8.51. The Bertz CT molecular complexity index is 1680. The monoisotopic (exact) mass is 484 g/mol. The van der Waals surface area contributed by atoms with Crippen molar-refractivity contribution in [1.82, 2.24) is 14.1 Å². The number of carbonyl (C=O) groups excluding carboxylic acids is 1. The summed E-state index contributed by atoms with van der Waals surface area (Å²) in [6.07, 6.45) is 1.46. The number of hydrogen-bond acceptors (Lipinski definition) is 5. The van der Waals surface area contributed by atoms with E-state index in [1.165, 1.54) is 23.0 Å². The Balaban J connectivity index is 1.39. The van der Waals surface area contributed by atoms with Gasteiger partial charge in [-0.2, -0.15) is 0 Å². The predicted molar refractivity (Wildman–Crippen MR) is 133 cm³/mol. The van der Waals surface area contributed by atoms with E-state index in [2.05, 4.69) is 10.3 Å². The van der Waals surface area contributed by atoms with Crippen LogP contribution in [0.5, 0.6) is 11.5 Å². The van der Waals surface area contributed by atoms with Crippen LogP contribution in [0.3, 0.4) is 0 Å². The van der Waals surface area contributed by atoms with Crippen molar-refractivity contribution in [2.45, 2.75) is 13.1 Å². The number of anilines is 1. The number of rotatable bonds is 5. The highest BCUT2D eigenvalue weighted by Crippen LogP contribution is 2.33. The van der Waals surface area contributed by atoms with E-state index in [1.54, 1.807) is 28.8 Å². The van der Waals surface area contributed by atoms with Crippen LogP contribution >= 0.6 is 0 Å². The SMILES string of the molecule is O=C(Cn1c2ccc(F)cc2c2ncn(Cc3ccccc3)c(=O)c21)Nc1ccc2c(c1)OCCO2. The molecule has 0 radical (unpaired) electrons. The topological polar surface area (TPSA) is 87.4 Å². The van der Waals surface area contributed by atoms with Gasteiger partial charge in [-0.05, 0) is 35.9 Å². The largest absolute Gasteiger partial charge is 0.486 e. The molecular weight excluding hydrogens is 463 g/mol. The lowest BCUT2D eigenvalue weighted by Gasteiger charge is -2.19. The van der Waals surface area contributed by atoms with Crippen molar-refractivity contribution >= 4 is 33.5 Å². The summed E-state index contributed by atoms with van der Waals surface area (Å²) in [5.74, 6) is 0.373. The normalized spacial score (nSPS) is 12.7. The zero-order chi connectivity index (χ0) is 24.6. The lowest BCUT2D eigenvalue weighted by molar-refractivity contribution is -0.116. The first kappa shape index (κ1) is 21.8. The van der Waals surface area contributed by atoms with Crippen LogP contribution in [0.2, 0.25) is 0 Å². The molecule has 2 aromatic heterocycles. The lowest BCUT2D eigenvalue weighted by Crippen LogP contribution is -2.25. The molecule has 9 heteroatoms. The van der Waals surface area contributed by atoms with Gasteiger partial charge in [-0.1, -0.05) is 30.3 Å². The van der Waals surface area contributed by atoms with Crippen LogP contribution in [0.25, 0.3) is 21.9 Å². The van der Waals surface area contributed by atoms with Gasteiger partial charge in [0.1, 0.15) is 36.6 Å². The number of carbonyl (C=O) groups is 1. The first-order valence-corrected chi connectivity index (χ1v) is 11.5. The molecule has 8 nitrogen and oxygen atoms in total. The fourth-order valence-electron chi connectivity index (χ4n) is 4.49. The third-order valence-corrected chi connectivity index (χ3v) is 6.11. The summed E-state index contributed by atoms with van der Waals surface area (Å²) in [4.78, 5) is 31.1.